The molecule has 0 amide bonds. The number of anilines is 3. The van der Waals surface area contributed by atoms with Gasteiger partial charge in [0.1, 0.15) is 5.82 Å². The summed E-state index contributed by atoms with van der Waals surface area (Å²) in [6.45, 7) is 5.68. The molecule has 0 saturated carbocycles. The van der Waals surface area contributed by atoms with Crippen molar-refractivity contribution in [1.29, 1.82) is 5.41 Å². The van der Waals surface area contributed by atoms with Crippen molar-refractivity contribution in [2.75, 3.05) is 23.3 Å². The highest BCUT2D eigenvalue weighted by Crippen LogP contribution is 2.23. The number of nitrogens with zero attached hydrogens (tertiary/aromatic N) is 4. The van der Waals surface area contributed by atoms with Gasteiger partial charge in [-0.25, -0.2) is 4.98 Å². The van der Waals surface area contributed by atoms with E-state index in [1.807, 2.05) is 31.2 Å². The second kappa shape index (κ2) is 6.74. The number of nitrogens with one attached hydrogen (secondary N) is 3. The summed E-state index contributed by atoms with van der Waals surface area (Å²) in [4.78, 5) is 11.5. The molecular formula is C19H23N7. The zero-order valence-corrected chi connectivity index (χ0v) is 15.1. The number of aryl methyl sites for hydroxylation is 1. The lowest BCUT2D eigenvalue weighted by Crippen LogP contribution is -2.32. The van der Waals surface area contributed by atoms with Crippen molar-refractivity contribution in [3.8, 4) is 0 Å². The first-order chi connectivity index (χ1) is 12.6. The van der Waals surface area contributed by atoms with E-state index in [1.54, 1.807) is 6.20 Å². The summed E-state index contributed by atoms with van der Waals surface area (Å²) in [5.41, 5.74) is 3.62. The van der Waals surface area contributed by atoms with Crippen molar-refractivity contribution in [3.05, 3.63) is 36.2 Å². The largest absolute Gasteiger partial charge is 0.340 e. The summed E-state index contributed by atoms with van der Waals surface area (Å²) < 4.78 is 0. The number of aromatic amines is 1. The molecule has 7 heteroatoms. The van der Waals surface area contributed by atoms with Gasteiger partial charge >= 0.3 is 0 Å². The van der Waals surface area contributed by atoms with Crippen molar-refractivity contribution in [1.82, 2.24) is 20.2 Å². The molecule has 3 heterocycles. The number of fused-ring (bicyclic) bond motifs is 1. The molecule has 1 saturated heterocycles. The van der Waals surface area contributed by atoms with Gasteiger partial charge in [0.15, 0.2) is 0 Å². The minimum atomic E-state index is 0.530. The summed E-state index contributed by atoms with van der Waals surface area (Å²) in [6, 6.07) is 7.98. The Hall–Kier alpha value is -2.96. The average molecular weight is 349 g/mol. The molecule has 1 aliphatic heterocycles. The molecule has 0 radical (unpaired) electrons. The fraction of sp³-hybridized carbons (Fsp3) is 0.368. The van der Waals surface area contributed by atoms with Crippen LogP contribution in [0.25, 0.3) is 10.9 Å². The molecule has 134 valence electrons. The van der Waals surface area contributed by atoms with Gasteiger partial charge in [-0.2, -0.15) is 10.1 Å². The quantitative estimate of drug-likeness (QED) is 0.671. The Bertz CT molecular complexity index is 946. The summed E-state index contributed by atoms with van der Waals surface area (Å²) in [5.74, 6) is 1.98. The number of benzene rings is 1. The van der Waals surface area contributed by atoms with Gasteiger partial charge in [0.05, 0.1) is 18.3 Å². The summed E-state index contributed by atoms with van der Waals surface area (Å²) in [5, 5.41) is 19.6. The monoisotopic (exact) mass is 349 g/mol. The van der Waals surface area contributed by atoms with E-state index in [9.17, 15) is 0 Å². The fourth-order valence-electron chi connectivity index (χ4n) is 3.34. The lowest BCUT2D eigenvalue weighted by atomic mass is 10.1. The summed E-state index contributed by atoms with van der Waals surface area (Å²) in [7, 11) is 0. The summed E-state index contributed by atoms with van der Waals surface area (Å²) >= 11 is 0. The van der Waals surface area contributed by atoms with E-state index < -0.39 is 0 Å². The highest BCUT2D eigenvalue weighted by atomic mass is 15.3. The number of hydrogen-bond acceptors (Lipinski definition) is 6. The van der Waals surface area contributed by atoms with Crippen molar-refractivity contribution in [2.24, 2.45) is 5.92 Å². The highest BCUT2D eigenvalue weighted by Gasteiger charge is 2.20. The minimum Gasteiger partial charge on any atom is -0.340 e. The number of aromatic nitrogens is 4. The molecule has 0 bridgehead atoms. The van der Waals surface area contributed by atoms with Gasteiger partial charge in [0, 0.05) is 35.1 Å². The summed E-state index contributed by atoms with van der Waals surface area (Å²) in [6.07, 6.45) is 3.72. The number of rotatable bonds is 3. The molecule has 3 aromatic rings. The molecule has 1 aliphatic rings. The lowest BCUT2D eigenvalue weighted by molar-refractivity contribution is 0.552. The van der Waals surface area contributed by atoms with E-state index >= 15 is 0 Å². The zero-order chi connectivity index (χ0) is 18.1. The molecule has 1 unspecified atom stereocenters. The van der Waals surface area contributed by atoms with Crippen molar-refractivity contribution < 1.29 is 0 Å². The predicted octanol–water partition coefficient (Wildman–Crippen LogP) is 3.66. The van der Waals surface area contributed by atoms with Crippen molar-refractivity contribution in [3.63, 3.8) is 0 Å². The molecule has 1 fully saturated rings. The first-order valence-corrected chi connectivity index (χ1v) is 8.94. The second-order valence-corrected chi connectivity index (χ2v) is 7.12. The van der Waals surface area contributed by atoms with Gasteiger partial charge in [-0.1, -0.05) is 6.92 Å². The molecule has 4 rings (SSSR count). The van der Waals surface area contributed by atoms with Crippen LogP contribution in [0.15, 0.2) is 30.5 Å². The van der Waals surface area contributed by atoms with Crippen LogP contribution in [0.4, 0.5) is 17.5 Å². The van der Waals surface area contributed by atoms with E-state index in [1.165, 1.54) is 0 Å². The van der Waals surface area contributed by atoms with Gasteiger partial charge in [0.25, 0.3) is 0 Å². The Labute approximate surface area is 152 Å². The Morgan fingerprint density at radius 1 is 1.27 bits per heavy atom. The molecule has 0 aliphatic carbocycles. The Kier molecular flexibility index (Phi) is 4.28. The molecule has 3 N–H and O–H groups in total. The first kappa shape index (κ1) is 16.5. The van der Waals surface area contributed by atoms with E-state index in [2.05, 4.69) is 32.3 Å². The third-order valence-corrected chi connectivity index (χ3v) is 4.69. The van der Waals surface area contributed by atoms with Crippen LogP contribution in [0.1, 0.15) is 25.5 Å². The molecule has 0 spiro atoms. The van der Waals surface area contributed by atoms with E-state index in [-0.39, 0.29) is 0 Å². The second-order valence-electron chi connectivity index (χ2n) is 7.12. The van der Waals surface area contributed by atoms with Gasteiger partial charge < -0.3 is 15.6 Å². The van der Waals surface area contributed by atoms with Gasteiger partial charge in [-0.3, -0.25) is 5.10 Å². The third kappa shape index (κ3) is 3.51. The van der Waals surface area contributed by atoms with Crippen molar-refractivity contribution >= 4 is 34.1 Å². The third-order valence-electron chi connectivity index (χ3n) is 4.69. The fourth-order valence-corrected chi connectivity index (χ4v) is 3.34. The SMILES string of the molecule is Cc1cc(Nc2ccc3[nH]ncc3c2)nc(N2CC(=N)CCC(C)C2)n1. The predicted molar refractivity (Wildman–Crippen MR) is 104 cm³/mol. The number of H-pyrrole nitrogens is 1. The molecule has 1 atom stereocenters. The Balaban J connectivity index is 1.61. The van der Waals surface area contributed by atoms with Crippen LogP contribution in [0.5, 0.6) is 0 Å². The standard InChI is InChI=1S/C19H23N7/c1-12-3-4-15(20)11-26(10-12)19-22-13(2)7-18(24-19)23-16-5-6-17-14(8-16)9-21-25-17/h5-9,12,20H,3-4,10-11H2,1-2H3,(H,21,25)(H,22,23,24). The molecule has 7 nitrogen and oxygen atoms in total. The maximum absolute atomic E-state index is 8.12. The average Bonchev–Trinajstić information content (AvgIpc) is 2.99. The van der Waals surface area contributed by atoms with Crippen molar-refractivity contribution in [2.45, 2.75) is 26.7 Å². The van der Waals surface area contributed by atoms with Crippen LogP contribution in [-0.4, -0.2) is 39.0 Å². The van der Waals surface area contributed by atoms with Gasteiger partial charge in [-0.05, 0) is 43.9 Å². The highest BCUT2D eigenvalue weighted by molar-refractivity contribution is 5.86. The van der Waals surface area contributed by atoms with E-state index in [4.69, 9.17) is 10.4 Å². The van der Waals surface area contributed by atoms with Gasteiger partial charge in [-0.15, -0.1) is 0 Å². The van der Waals surface area contributed by atoms with Gasteiger partial charge in [0.2, 0.25) is 5.95 Å². The van der Waals surface area contributed by atoms with Crippen LogP contribution in [0, 0.1) is 18.3 Å². The molecule has 1 aromatic carbocycles. The first-order valence-electron chi connectivity index (χ1n) is 8.94. The smallest absolute Gasteiger partial charge is 0.227 e. The van der Waals surface area contributed by atoms with Crippen LogP contribution >= 0.6 is 0 Å². The molecule has 2 aromatic heterocycles. The topological polar surface area (TPSA) is 93.6 Å². The Morgan fingerprint density at radius 3 is 3.04 bits per heavy atom. The normalized spacial score (nSPS) is 18.2. The van der Waals surface area contributed by atoms with Crippen LogP contribution in [-0.2, 0) is 0 Å². The lowest BCUT2D eigenvalue weighted by Gasteiger charge is -2.23. The number of hydrogen-bond donors (Lipinski definition) is 3. The molecule has 26 heavy (non-hydrogen) atoms. The van der Waals surface area contributed by atoms with Crippen LogP contribution < -0.4 is 10.2 Å². The minimum absolute atomic E-state index is 0.530. The van der Waals surface area contributed by atoms with E-state index in [0.717, 1.165) is 53.2 Å². The maximum Gasteiger partial charge on any atom is 0.227 e. The van der Waals surface area contributed by atoms with Crippen LogP contribution in [0.3, 0.4) is 0 Å². The van der Waals surface area contributed by atoms with E-state index in [0.29, 0.717) is 18.4 Å². The van der Waals surface area contributed by atoms with Crippen LogP contribution in [0.2, 0.25) is 0 Å². The molecular weight excluding hydrogens is 326 g/mol. The zero-order valence-electron chi connectivity index (χ0n) is 15.1. The maximum atomic E-state index is 8.12. The Morgan fingerprint density at radius 2 is 2.15 bits per heavy atom.